The van der Waals surface area contributed by atoms with Gasteiger partial charge in [-0.25, -0.2) is 0 Å². The van der Waals surface area contributed by atoms with Crippen molar-refractivity contribution in [3.05, 3.63) is 100 Å². The summed E-state index contributed by atoms with van der Waals surface area (Å²) in [6.45, 7) is 8.95. The number of Topliss-reactive ketones (excluding diaryl/α,β-unsaturated/α-hetero) is 1. The second kappa shape index (κ2) is 14.8. The lowest BCUT2D eigenvalue weighted by Crippen LogP contribution is -2.29. The molecule has 5 rings (SSSR count). The number of aromatic nitrogens is 2. The molecule has 1 N–H and O–H groups in total. The summed E-state index contributed by atoms with van der Waals surface area (Å²) in [4.78, 5) is 28.7. The van der Waals surface area contributed by atoms with Gasteiger partial charge in [-0.05, 0) is 50.5 Å². The highest BCUT2D eigenvalue weighted by Gasteiger charge is 2.48. The van der Waals surface area contributed by atoms with E-state index < -0.39 is 17.7 Å². The largest absolute Gasteiger partial charge is 0.507 e. The van der Waals surface area contributed by atoms with Crippen LogP contribution in [0.15, 0.2) is 76.6 Å². The van der Waals surface area contributed by atoms with Gasteiger partial charge in [0.15, 0.2) is 15.8 Å². The van der Waals surface area contributed by atoms with Crippen molar-refractivity contribution in [1.82, 2.24) is 10.2 Å². The number of hydrogen-bond acceptors (Lipinski definition) is 9. The van der Waals surface area contributed by atoms with E-state index in [0.29, 0.717) is 45.9 Å². The predicted molar refractivity (Wildman–Crippen MR) is 179 cm³/mol. The summed E-state index contributed by atoms with van der Waals surface area (Å²) < 4.78 is 12.6. The number of carbonyl (C=O) groups is 2. The van der Waals surface area contributed by atoms with Crippen molar-refractivity contribution in [2.45, 2.75) is 63.1 Å². The Kier molecular flexibility index (Phi) is 10.6. The smallest absolute Gasteiger partial charge is 0.301 e. The molecule has 10 heteroatoms. The molecule has 1 fully saturated rings. The summed E-state index contributed by atoms with van der Waals surface area (Å²) in [6.07, 6.45) is 3.06. The van der Waals surface area contributed by atoms with Crippen molar-refractivity contribution in [3.63, 3.8) is 0 Å². The van der Waals surface area contributed by atoms with Crippen LogP contribution in [0.1, 0.15) is 67.0 Å². The molecule has 1 saturated heterocycles. The summed E-state index contributed by atoms with van der Waals surface area (Å²) in [5.41, 5.74) is 4.33. The molecule has 2 heterocycles. The molecule has 234 valence electrons. The average Bonchev–Trinajstić information content (AvgIpc) is 3.61. The van der Waals surface area contributed by atoms with Gasteiger partial charge in [0.1, 0.15) is 5.76 Å². The van der Waals surface area contributed by atoms with Gasteiger partial charge in [-0.3, -0.25) is 14.5 Å². The molecule has 0 radical (unpaired) electrons. The average molecular weight is 644 g/mol. The summed E-state index contributed by atoms with van der Waals surface area (Å²) >= 11 is 2.74. The first-order valence-electron chi connectivity index (χ1n) is 15.1. The third-order valence-electron chi connectivity index (χ3n) is 7.44. The Labute approximate surface area is 272 Å². The lowest BCUT2D eigenvalue weighted by Gasteiger charge is -2.23. The van der Waals surface area contributed by atoms with Gasteiger partial charge in [0.25, 0.3) is 5.78 Å². The van der Waals surface area contributed by atoms with Crippen LogP contribution < -0.4 is 14.4 Å². The molecule has 0 saturated carbocycles. The molecule has 1 aliphatic heterocycles. The van der Waals surface area contributed by atoms with Crippen LogP contribution in [0, 0.1) is 13.8 Å². The summed E-state index contributed by atoms with van der Waals surface area (Å²) in [7, 11) is 0. The van der Waals surface area contributed by atoms with Crippen LogP contribution in [0.2, 0.25) is 0 Å². The Bertz CT molecular complexity index is 1680. The van der Waals surface area contributed by atoms with Gasteiger partial charge in [-0.15, -0.1) is 10.2 Å². The number of aliphatic hydroxyl groups is 1. The summed E-state index contributed by atoms with van der Waals surface area (Å²) in [5, 5.41) is 20.5. The van der Waals surface area contributed by atoms with Crippen LogP contribution in [0.3, 0.4) is 0 Å². The van der Waals surface area contributed by atoms with Gasteiger partial charge in [0, 0.05) is 11.3 Å². The number of aryl methyl sites for hydroxylation is 2. The molecular formula is C35H37N3O5S2. The first-order chi connectivity index (χ1) is 21.8. The Morgan fingerprint density at radius 2 is 1.62 bits per heavy atom. The molecule has 3 aromatic carbocycles. The van der Waals surface area contributed by atoms with Crippen molar-refractivity contribution >= 4 is 45.7 Å². The molecule has 0 bridgehead atoms. The van der Waals surface area contributed by atoms with Crippen molar-refractivity contribution in [2.75, 3.05) is 18.1 Å². The molecule has 1 unspecified atom stereocenters. The maximum Gasteiger partial charge on any atom is 0.301 e. The molecule has 4 aromatic rings. The lowest BCUT2D eigenvalue weighted by molar-refractivity contribution is -0.132. The van der Waals surface area contributed by atoms with Gasteiger partial charge in [-0.1, -0.05) is 109 Å². The quantitative estimate of drug-likeness (QED) is 0.0390. The highest BCUT2D eigenvalue weighted by Crippen LogP contribution is 2.45. The van der Waals surface area contributed by atoms with E-state index in [9.17, 15) is 14.7 Å². The molecule has 1 aromatic heterocycles. The van der Waals surface area contributed by atoms with E-state index in [-0.39, 0.29) is 16.5 Å². The second-order valence-electron chi connectivity index (χ2n) is 10.9. The van der Waals surface area contributed by atoms with Gasteiger partial charge < -0.3 is 14.6 Å². The molecule has 8 nitrogen and oxygen atoms in total. The summed E-state index contributed by atoms with van der Waals surface area (Å²) in [5.74, 6) is -0.0611. The van der Waals surface area contributed by atoms with Crippen LogP contribution in [0.5, 0.6) is 11.5 Å². The Balaban J connectivity index is 1.54. The minimum atomic E-state index is -0.956. The summed E-state index contributed by atoms with van der Waals surface area (Å²) in [6, 6.07) is 19.8. The zero-order valence-corrected chi connectivity index (χ0v) is 27.5. The van der Waals surface area contributed by atoms with E-state index in [1.807, 2.05) is 32.9 Å². The number of unbranched alkanes of at least 4 members (excludes halogenated alkanes) is 2. The number of amides is 1. The van der Waals surface area contributed by atoms with Crippen molar-refractivity contribution < 1.29 is 24.2 Å². The zero-order chi connectivity index (χ0) is 31.9. The van der Waals surface area contributed by atoms with Crippen LogP contribution in [-0.4, -0.2) is 40.2 Å². The number of aliphatic hydroxyl groups excluding tert-OH is 1. The Morgan fingerprint density at radius 1 is 0.911 bits per heavy atom. The molecule has 0 spiro atoms. The Morgan fingerprint density at radius 3 is 2.31 bits per heavy atom. The number of thioether (sulfide) groups is 1. The van der Waals surface area contributed by atoms with Crippen LogP contribution >= 0.6 is 23.1 Å². The maximum atomic E-state index is 13.7. The minimum Gasteiger partial charge on any atom is -0.507 e. The molecule has 1 amide bonds. The number of ether oxygens (including phenoxy) is 2. The third-order valence-corrected chi connectivity index (χ3v) is 9.57. The number of ketones is 1. The van der Waals surface area contributed by atoms with E-state index in [4.69, 9.17) is 9.47 Å². The lowest BCUT2D eigenvalue weighted by atomic mass is 9.95. The first kappa shape index (κ1) is 32.2. The highest BCUT2D eigenvalue weighted by molar-refractivity contribution is 8.00. The van der Waals surface area contributed by atoms with E-state index in [1.165, 1.54) is 33.6 Å². The van der Waals surface area contributed by atoms with E-state index >= 15 is 0 Å². The van der Waals surface area contributed by atoms with Crippen molar-refractivity contribution in [2.24, 2.45) is 0 Å². The number of benzene rings is 3. The first-order valence-corrected chi connectivity index (χ1v) is 16.9. The zero-order valence-electron chi connectivity index (χ0n) is 25.9. The fraction of sp³-hybridized carbons (Fsp3) is 0.314. The standard InChI is InChI=1S/C35H37N3O5S2/c1-5-7-8-19-43-27-18-17-26(20-28(27)42-6-2)30-29(31(39)25-15-11-23(4)12-16-25)32(40)33(41)38(30)34-36-37-35(45-34)44-21-24-13-9-22(3)10-14-24/h9-18,20,30,39H,5-8,19,21H2,1-4H3/b31-29+. The Hall–Kier alpha value is -4.15. The van der Waals surface area contributed by atoms with E-state index in [2.05, 4.69) is 41.4 Å². The number of hydrogen-bond donors (Lipinski definition) is 1. The van der Waals surface area contributed by atoms with Crippen LogP contribution in [0.25, 0.3) is 5.76 Å². The van der Waals surface area contributed by atoms with Gasteiger partial charge in [0.05, 0.1) is 24.8 Å². The van der Waals surface area contributed by atoms with Crippen molar-refractivity contribution in [3.8, 4) is 11.5 Å². The van der Waals surface area contributed by atoms with Gasteiger partial charge in [-0.2, -0.15) is 0 Å². The minimum absolute atomic E-state index is 0.0213. The number of rotatable bonds is 13. The molecule has 0 aliphatic carbocycles. The maximum absolute atomic E-state index is 13.7. The predicted octanol–water partition coefficient (Wildman–Crippen LogP) is 8.04. The topological polar surface area (TPSA) is 102 Å². The highest BCUT2D eigenvalue weighted by atomic mass is 32.2. The third kappa shape index (κ3) is 7.40. The van der Waals surface area contributed by atoms with Crippen LogP contribution in [0.4, 0.5) is 5.13 Å². The molecule has 1 atom stereocenters. The fourth-order valence-electron chi connectivity index (χ4n) is 5.02. The monoisotopic (exact) mass is 643 g/mol. The second-order valence-corrected chi connectivity index (χ2v) is 13.0. The number of nitrogens with zero attached hydrogens (tertiary/aromatic N) is 3. The molecular weight excluding hydrogens is 607 g/mol. The van der Waals surface area contributed by atoms with Crippen molar-refractivity contribution in [1.29, 1.82) is 0 Å². The van der Waals surface area contributed by atoms with Crippen LogP contribution in [-0.2, 0) is 15.3 Å². The molecule has 1 aliphatic rings. The normalized spacial score (nSPS) is 15.9. The van der Waals surface area contributed by atoms with E-state index in [1.54, 1.807) is 30.3 Å². The molecule has 45 heavy (non-hydrogen) atoms. The van der Waals surface area contributed by atoms with Gasteiger partial charge in [0.2, 0.25) is 5.13 Å². The fourth-order valence-corrected chi connectivity index (χ4v) is 6.84. The van der Waals surface area contributed by atoms with Gasteiger partial charge >= 0.3 is 5.91 Å². The SMILES string of the molecule is CCCCCOc1ccc(C2/C(=C(\O)c3ccc(C)cc3)C(=O)C(=O)N2c2nnc(SCc3ccc(C)cc3)s2)cc1OCC. The van der Waals surface area contributed by atoms with E-state index in [0.717, 1.165) is 30.4 Å². The number of anilines is 1. The number of carbonyl (C=O) groups excluding carboxylic acids is 2.